The van der Waals surface area contributed by atoms with E-state index >= 15 is 0 Å². The second-order valence-electron chi connectivity index (χ2n) is 9.30. The maximum atomic E-state index is 14.5. The van der Waals surface area contributed by atoms with E-state index in [-0.39, 0.29) is 5.56 Å². The van der Waals surface area contributed by atoms with Crippen molar-refractivity contribution in [2.45, 2.75) is 57.2 Å². The minimum atomic E-state index is -4.65. The Bertz CT molecular complexity index is 1150. The van der Waals surface area contributed by atoms with Crippen LogP contribution in [-0.2, 0) is 16.4 Å². The van der Waals surface area contributed by atoms with E-state index in [4.69, 9.17) is 5.41 Å². The Balaban J connectivity index is 1.50. The van der Waals surface area contributed by atoms with Crippen LogP contribution >= 0.6 is 0 Å². The van der Waals surface area contributed by atoms with Crippen LogP contribution in [0, 0.1) is 24.1 Å². The Kier molecular flexibility index (Phi) is 6.27. The third kappa shape index (κ3) is 4.86. The molecule has 2 aliphatic carbocycles. The van der Waals surface area contributed by atoms with Crippen molar-refractivity contribution >= 4 is 23.4 Å². The fourth-order valence-electron chi connectivity index (χ4n) is 4.29. The van der Waals surface area contributed by atoms with Gasteiger partial charge in [0.25, 0.3) is 0 Å². The first-order chi connectivity index (χ1) is 16.0. The number of carbonyl (C=O) groups is 1. The molecule has 1 unspecified atom stereocenters. The highest BCUT2D eigenvalue weighted by molar-refractivity contribution is 6.09. The normalized spacial score (nSPS) is 18.2. The van der Waals surface area contributed by atoms with Gasteiger partial charge >= 0.3 is 6.18 Å². The lowest BCUT2D eigenvalue weighted by atomic mass is 9.93. The van der Waals surface area contributed by atoms with Gasteiger partial charge in [0, 0.05) is 35.3 Å². The number of aryl methyl sites for hydroxylation is 1. The van der Waals surface area contributed by atoms with Crippen molar-refractivity contribution in [1.82, 2.24) is 5.32 Å². The summed E-state index contributed by atoms with van der Waals surface area (Å²) in [5.41, 5.74) is 0.659. The minimum Gasteiger partial charge on any atom is -0.388 e. The number of hydrogen-bond donors (Lipinski definition) is 3. The average molecular weight is 474 g/mol. The highest BCUT2D eigenvalue weighted by atomic mass is 19.4. The summed E-state index contributed by atoms with van der Waals surface area (Å²) < 4.78 is 53.1. The van der Waals surface area contributed by atoms with Crippen LogP contribution in [0.25, 0.3) is 5.57 Å². The van der Waals surface area contributed by atoms with Crippen molar-refractivity contribution in [2.75, 3.05) is 5.32 Å². The number of amides is 1. The average Bonchev–Trinajstić information content (AvgIpc) is 3.68. The summed E-state index contributed by atoms with van der Waals surface area (Å²) in [5.74, 6) is -0.796. The van der Waals surface area contributed by atoms with Gasteiger partial charge in [-0.25, -0.2) is 4.39 Å². The molecule has 8 heteroatoms. The van der Waals surface area contributed by atoms with Gasteiger partial charge in [0.1, 0.15) is 5.82 Å². The molecule has 0 heterocycles. The van der Waals surface area contributed by atoms with Crippen molar-refractivity contribution in [2.24, 2.45) is 5.92 Å². The van der Waals surface area contributed by atoms with Crippen LogP contribution in [0.3, 0.4) is 0 Å². The first kappa shape index (κ1) is 24.0. The van der Waals surface area contributed by atoms with Gasteiger partial charge in [0.15, 0.2) is 0 Å². The van der Waals surface area contributed by atoms with Crippen LogP contribution in [0.4, 0.5) is 23.2 Å². The molecule has 0 aliphatic heterocycles. The largest absolute Gasteiger partial charge is 0.416 e. The van der Waals surface area contributed by atoms with E-state index in [1.165, 1.54) is 19.1 Å². The molecule has 2 fully saturated rings. The molecule has 2 aliphatic rings. The highest BCUT2D eigenvalue weighted by Gasteiger charge is 2.53. The van der Waals surface area contributed by atoms with Gasteiger partial charge in [-0.3, -0.25) is 4.79 Å². The van der Waals surface area contributed by atoms with E-state index < -0.39 is 28.9 Å². The zero-order valence-electron chi connectivity index (χ0n) is 19.0. The molecular weight excluding hydrogens is 446 g/mol. The Hall–Kier alpha value is -3.16. The van der Waals surface area contributed by atoms with Crippen LogP contribution in [0.15, 0.2) is 42.6 Å². The molecule has 4 rings (SSSR count). The monoisotopic (exact) mass is 473 g/mol. The molecule has 3 N–H and O–H groups in total. The van der Waals surface area contributed by atoms with Gasteiger partial charge < -0.3 is 16.0 Å². The maximum Gasteiger partial charge on any atom is 0.416 e. The Morgan fingerprint density at radius 2 is 1.88 bits per heavy atom. The Labute approximate surface area is 196 Å². The SMILES string of the molecule is Cc1cc(NC(=O)C2(c3ccc(C(F)(F)F)cc3F)CC2)ccc1/C(C=N)=C/NC(C)C1CC1. The lowest BCUT2D eigenvalue weighted by molar-refractivity contribution is -0.137. The van der Waals surface area contributed by atoms with Crippen molar-refractivity contribution in [3.63, 3.8) is 0 Å². The first-order valence-corrected chi connectivity index (χ1v) is 11.3. The zero-order valence-corrected chi connectivity index (χ0v) is 19.0. The number of allylic oxidation sites excluding steroid dienone is 1. The number of hydrogen-bond acceptors (Lipinski definition) is 3. The molecule has 4 nitrogen and oxygen atoms in total. The summed E-state index contributed by atoms with van der Waals surface area (Å²) >= 11 is 0. The fraction of sp³-hybridized carbons (Fsp3) is 0.385. The Morgan fingerprint density at radius 3 is 2.41 bits per heavy atom. The molecule has 180 valence electrons. The summed E-state index contributed by atoms with van der Waals surface area (Å²) in [7, 11) is 0. The van der Waals surface area contributed by atoms with E-state index in [0.717, 1.165) is 23.3 Å². The molecule has 2 aromatic carbocycles. The standard InChI is InChI=1S/C26H27F4N3O/c1-15-11-20(6-7-21(15)18(13-31)14-32-16(2)17-3-4-17)33-24(34)25(9-10-25)22-8-5-19(12-23(22)27)26(28,29)30/h5-8,11-14,16-17,31-32H,3-4,9-10H2,1-2H3,(H,33,34)/b18-14+,31-13?. The molecule has 0 spiro atoms. The lowest BCUT2D eigenvalue weighted by Crippen LogP contribution is -2.29. The van der Waals surface area contributed by atoms with Crippen molar-refractivity contribution < 1.29 is 22.4 Å². The third-order valence-corrected chi connectivity index (χ3v) is 6.78. The quantitative estimate of drug-likeness (QED) is 0.316. The van der Waals surface area contributed by atoms with Gasteiger partial charge in [-0.15, -0.1) is 0 Å². The van der Waals surface area contributed by atoms with Crippen LogP contribution in [0.1, 0.15) is 54.9 Å². The second kappa shape index (κ2) is 8.89. The summed E-state index contributed by atoms with van der Waals surface area (Å²) in [4.78, 5) is 13.0. The molecule has 0 aromatic heterocycles. The van der Waals surface area contributed by atoms with E-state index in [1.54, 1.807) is 12.1 Å². The number of rotatable bonds is 8. The molecule has 2 saturated carbocycles. The molecule has 2 aromatic rings. The van der Waals surface area contributed by atoms with Gasteiger partial charge in [-0.1, -0.05) is 12.1 Å². The number of carbonyl (C=O) groups excluding carboxylic acids is 1. The molecule has 1 atom stereocenters. The zero-order chi connectivity index (χ0) is 24.7. The van der Waals surface area contributed by atoms with Crippen molar-refractivity contribution in [3.8, 4) is 0 Å². The summed E-state index contributed by atoms with van der Waals surface area (Å²) in [5, 5.41) is 13.9. The number of anilines is 1. The van der Waals surface area contributed by atoms with E-state index in [1.807, 2.05) is 19.2 Å². The smallest absolute Gasteiger partial charge is 0.388 e. The molecular formula is C26H27F4N3O. The minimum absolute atomic E-state index is 0.0174. The van der Waals surface area contributed by atoms with Gasteiger partial charge in [0.05, 0.1) is 11.0 Å². The van der Waals surface area contributed by atoms with Crippen LogP contribution in [0.5, 0.6) is 0 Å². The van der Waals surface area contributed by atoms with Crippen LogP contribution in [0.2, 0.25) is 0 Å². The molecule has 34 heavy (non-hydrogen) atoms. The van der Waals surface area contributed by atoms with E-state index in [0.29, 0.717) is 42.1 Å². The lowest BCUT2D eigenvalue weighted by Gasteiger charge is -2.18. The Morgan fingerprint density at radius 1 is 1.18 bits per heavy atom. The van der Waals surface area contributed by atoms with E-state index in [2.05, 4.69) is 17.6 Å². The predicted molar refractivity (Wildman–Crippen MR) is 124 cm³/mol. The second-order valence-corrected chi connectivity index (χ2v) is 9.30. The first-order valence-electron chi connectivity index (χ1n) is 11.3. The van der Waals surface area contributed by atoms with Crippen LogP contribution in [-0.4, -0.2) is 18.2 Å². The van der Waals surface area contributed by atoms with Gasteiger partial charge in [-0.05, 0) is 80.8 Å². The molecule has 0 saturated heterocycles. The van der Waals surface area contributed by atoms with Crippen LogP contribution < -0.4 is 10.6 Å². The fourth-order valence-corrected chi connectivity index (χ4v) is 4.29. The highest BCUT2D eigenvalue weighted by Crippen LogP contribution is 2.50. The summed E-state index contributed by atoms with van der Waals surface area (Å²) in [6.45, 7) is 3.99. The summed E-state index contributed by atoms with van der Waals surface area (Å²) in [6.07, 6.45) is 1.63. The maximum absolute atomic E-state index is 14.5. The molecule has 0 radical (unpaired) electrons. The predicted octanol–water partition coefficient (Wildman–Crippen LogP) is 6.20. The third-order valence-electron chi connectivity index (χ3n) is 6.78. The van der Waals surface area contributed by atoms with Crippen molar-refractivity contribution in [1.29, 1.82) is 5.41 Å². The van der Waals surface area contributed by atoms with Crippen molar-refractivity contribution in [3.05, 3.63) is 70.7 Å². The number of alkyl halides is 3. The number of halogens is 4. The van der Waals surface area contributed by atoms with Gasteiger partial charge in [-0.2, -0.15) is 13.2 Å². The number of benzene rings is 2. The molecule has 0 bridgehead atoms. The van der Waals surface area contributed by atoms with Gasteiger partial charge in [0.2, 0.25) is 5.91 Å². The molecule has 1 amide bonds. The number of nitrogens with one attached hydrogen (secondary N) is 3. The van der Waals surface area contributed by atoms with E-state index in [9.17, 15) is 22.4 Å². The summed E-state index contributed by atoms with van der Waals surface area (Å²) in [6, 6.07) is 7.96. The topological polar surface area (TPSA) is 65.0 Å².